The summed E-state index contributed by atoms with van der Waals surface area (Å²) in [6.07, 6.45) is 3.42. The summed E-state index contributed by atoms with van der Waals surface area (Å²) in [7, 11) is 0. The molecule has 0 aliphatic carbocycles. The van der Waals surface area contributed by atoms with Crippen LogP contribution in [0.3, 0.4) is 0 Å². The van der Waals surface area contributed by atoms with E-state index in [1.54, 1.807) is 23.7 Å². The summed E-state index contributed by atoms with van der Waals surface area (Å²) in [5, 5.41) is 11.7. The Morgan fingerprint density at radius 1 is 1.57 bits per heavy atom. The Hall–Kier alpha value is -0.960. The normalized spacial score (nSPS) is 12.6. The van der Waals surface area contributed by atoms with Crippen LogP contribution >= 0.6 is 27.3 Å². The molecule has 0 aliphatic rings. The minimum Gasteiger partial charge on any atom is -0.312 e. The zero-order valence-electron chi connectivity index (χ0n) is 7.07. The van der Waals surface area contributed by atoms with E-state index in [0.29, 0.717) is 0 Å². The van der Waals surface area contributed by atoms with Crippen LogP contribution in [0.15, 0.2) is 22.2 Å². The van der Waals surface area contributed by atoms with Crippen molar-refractivity contribution in [2.75, 3.05) is 0 Å². The van der Waals surface area contributed by atoms with Gasteiger partial charge in [0, 0.05) is 33.2 Å². The fraction of sp³-hybridized carbons (Fsp3) is 0.111. The lowest BCUT2D eigenvalue weighted by Crippen LogP contribution is -2.07. The van der Waals surface area contributed by atoms with Crippen LogP contribution in [0.1, 0.15) is 11.6 Å². The fourth-order valence-corrected chi connectivity index (χ4v) is 2.95. The molecule has 0 aromatic carbocycles. The first kappa shape index (κ1) is 9.59. The van der Waals surface area contributed by atoms with Crippen molar-refractivity contribution in [1.29, 1.82) is 5.26 Å². The Bertz CT molecular complexity index is 514. The highest BCUT2D eigenvalue weighted by Crippen LogP contribution is 2.33. The van der Waals surface area contributed by atoms with Gasteiger partial charge in [-0.2, -0.15) is 5.26 Å². The molecule has 0 amide bonds. The van der Waals surface area contributed by atoms with E-state index >= 15 is 0 Å². The van der Waals surface area contributed by atoms with Gasteiger partial charge < -0.3 is 5.73 Å². The van der Waals surface area contributed by atoms with Gasteiger partial charge in [-0.3, -0.25) is 4.98 Å². The maximum Gasteiger partial charge on any atom is 0.121 e. The lowest BCUT2D eigenvalue weighted by Gasteiger charge is -2.04. The number of hydrogen-bond donors (Lipinski definition) is 1. The van der Waals surface area contributed by atoms with Crippen molar-refractivity contribution >= 4 is 37.4 Å². The first-order valence-corrected chi connectivity index (χ1v) is 5.57. The number of aromatic nitrogens is 1. The second kappa shape index (κ2) is 3.65. The number of hydrogen-bond acceptors (Lipinski definition) is 4. The molecule has 2 rings (SSSR count). The highest BCUT2D eigenvalue weighted by atomic mass is 79.9. The van der Waals surface area contributed by atoms with E-state index in [2.05, 4.69) is 20.9 Å². The maximum absolute atomic E-state index is 8.76. The molecule has 0 aliphatic heterocycles. The van der Waals surface area contributed by atoms with E-state index in [4.69, 9.17) is 11.0 Å². The van der Waals surface area contributed by atoms with E-state index < -0.39 is 6.04 Å². The van der Waals surface area contributed by atoms with Gasteiger partial charge in [0.1, 0.15) is 6.04 Å². The average Bonchev–Trinajstić information content (AvgIpc) is 2.59. The number of halogens is 1. The molecule has 2 heterocycles. The molecule has 0 fully saturated rings. The molecule has 5 heteroatoms. The number of nitrogens with two attached hydrogens (primary N) is 1. The number of fused-ring (bicyclic) bond motifs is 1. The monoisotopic (exact) mass is 267 g/mol. The lowest BCUT2D eigenvalue weighted by molar-refractivity contribution is 0.928. The van der Waals surface area contributed by atoms with Gasteiger partial charge in [0.05, 0.1) is 10.8 Å². The molecule has 3 nitrogen and oxygen atoms in total. The molecule has 1 atom stereocenters. The summed E-state index contributed by atoms with van der Waals surface area (Å²) < 4.78 is 2.01. The molecular weight excluding hydrogens is 262 g/mol. The molecule has 0 radical (unpaired) electrons. The number of pyridine rings is 1. The quantitative estimate of drug-likeness (QED) is 0.864. The smallest absolute Gasteiger partial charge is 0.121 e. The summed E-state index contributed by atoms with van der Waals surface area (Å²) in [5.74, 6) is 0. The first-order chi connectivity index (χ1) is 6.74. The van der Waals surface area contributed by atoms with Crippen LogP contribution in [-0.2, 0) is 0 Å². The zero-order chi connectivity index (χ0) is 10.1. The maximum atomic E-state index is 8.76. The predicted octanol–water partition coefficient (Wildman–Crippen LogP) is 2.58. The molecule has 1 unspecified atom stereocenters. The van der Waals surface area contributed by atoms with E-state index in [1.807, 2.05) is 11.4 Å². The van der Waals surface area contributed by atoms with E-state index in [9.17, 15) is 0 Å². The average molecular weight is 268 g/mol. The molecule has 70 valence electrons. The zero-order valence-corrected chi connectivity index (χ0v) is 9.47. The molecule has 0 saturated heterocycles. The molecule has 0 bridgehead atoms. The largest absolute Gasteiger partial charge is 0.312 e. The van der Waals surface area contributed by atoms with Crippen molar-refractivity contribution in [3.05, 3.63) is 27.8 Å². The van der Waals surface area contributed by atoms with Crippen LogP contribution in [-0.4, -0.2) is 4.98 Å². The number of nitrogens with zero attached hydrogens (tertiary/aromatic N) is 2. The van der Waals surface area contributed by atoms with Gasteiger partial charge in [-0.15, -0.1) is 11.3 Å². The number of nitriles is 1. The van der Waals surface area contributed by atoms with Crippen LogP contribution < -0.4 is 5.73 Å². The number of rotatable bonds is 1. The SMILES string of the molecule is N#CC(N)c1cncc2scc(Br)c12. The molecule has 0 saturated carbocycles. The molecule has 2 aromatic heterocycles. The van der Waals surface area contributed by atoms with Gasteiger partial charge in [0.15, 0.2) is 0 Å². The van der Waals surface area contributed by atoms with Crippen LogP contribution in [0.4, 0.5) is 0 Å². The van der Waals surface area contributed by atoms with Gasteiger partial charge in [-0.25, -0.2) is 0 Å². The Morgan fingerprint density at radius 2 is 2.36 bits per heavy atom. The van der Waals surface area contributed by atoms with Gasteiger partial charge in [-0.1, -0.05) is 0 Å². The lowest BCUT2D eigenvalue weighted by atomic mass is 10.1. The van der Waals surface area contributed by atoms with Crippen molar-refractivity contribution in [3.8, 4) is 6.07 Å². The Kier molecular flexibility index (Phi) is 2.50. The van der Waals surface area contributed by atoms with Crippen molar-refractivity contribution in [2.45, 2.75) is 6.04 Å². The summed E-state index contributed by atoms with van der Waals surface area (Å²) in [6.45, 7) is 0. The van der Waals surface area contributed by atoms with Gasteiger partial charge in [-0.05, 0) is 15.9 Å². The van der Waals surface area contributed by atoms with E-state index in [0.717, 1.165) is 20.1 Å². The Balaban J connectivity index is 2.76. The van der Waals surface area contributed by atoms with Crippen molar-refractivity contribution < 1.29 is 0 Å². The molecule has 14 heavy (non-hydrogen) atoms. The standard InChI is InChI=1S/C9H6BrN3S/c10-6-4-14-8-3-13-2-5(9(6)8)7(12)1-11/h2-4,7H,12H2. The second-order valence-corrected chi connectivity index (χ2v) is 4.56. The number of thiophene rings is 1. The summed E-state index contributed by atoms with van der Waals surface area (Å²) in [6, 6.07) is 1.40. The molecular formula is C9H6BrN3S. The highest BCUT2D eigenvalue weighted by molar-refractivity contribution is 9.10. The molecule has 2 N–H and O–H groups in total. The predicted molar refractivity (Wildman–Crippen MR) is 59.9 cm³/mol. The Labute approximate surface area is 93.3 Å². The van der Waals surface area contributed by atoms with Gasteiger partial charge in [0.25, 0.3) is 0 Å². The van der Waals surface area contributed by atoms with Crippen LogP contribution in [0.2, 0.25) is 0 Å². The molecule has 0 spiro atoms. The van der Waals surface area contributed by atoms with Crippen molar-refractivity contribution in [3.63, 3.8) is 0 Å². The third-order valence-electron chi connectivity index (χ3n) is 1.94. The van der Waals surface area contributed by atoms with E-state index in [1.165, 1.54) is 0 Å². The Morgan fingerprint density at radius 3 is 3.07 bits per heavy atom. The molecule has 2 aromatic rings. The second-order valence-electron chi connectivity index (χ2n) is 2.79. The van der Waals surface area contributed by atoms with Crippen LogP contribution in [0.25, 0.3) is 10.1 Å². The highest BCUT2D eigenvalue weighted by Gasteiger charge is 2.12. The van der Waals surface area contributed by atoms with Gasteiger partial charge in [0.2, 0.25) is 0 Å². The summed E-state index contributed by atoms with van der Waals surface area (Å²) in [4.78, 5) is 4.05. The van der Waals surface area contributed by atoms with Crippen LogP contribution in [0.5, 0.6) is 0 Å². The third kappa shape index (κ3) is 1.42. The van der Waals surface area contributed by atoms with Crippen LogP contribution in [0, 0.1) is 11.3 Å². The fourth-order valence-electron chi connectivity index (χ4n) is 1.28. The summed E-state index contributed by atoms with van der Waals surface area (Å²) in [5.41, 5.74) is 6.45. The van der Waals surface area contributed by atoms with Gasteiger partial charge >= 0.3 is 0 Å². The minimum atomic E-state index is -0.614. The first-order valence-electron chi connectivity index (χ1n) is 3.90. The van der Waals surface area contributed by atoms with Crippen molar-refractivity contribution in [1.82, 2.24) is 4.98 Å². The van der Waals surface area contributed by atoms with Crippen molar-refractivity contribution in [2.24, 2.45) is 5.73 Å². The summed E-state index contributed by atoms with van der Waals surface area (Å²) >= 11 is 5.01. The minimum absolute atomic E-state index is 0.614. The third-order valence-corrected chi connectivity index (χ3v) is 3.79. The van der Waals surface area contributed by atoms with E-state index in [-0.39, 0.29) is 0 Å². The topological polar surface area (TPSA) is 62.7 Å².